The predicted molar refractivity (Wildman–Crippen MR) is 95.1 cm³/mol. The van der Waals surface area contributed by atoms with Crippen LogP contribution in [0.3, 0.4) is 0 Å². The molecule has 0 aliphatic rings. The van der Waals surface area contributed by atoms with Crippen LogP contribution >= 0.6 is 11.8 Å². The Labute approximate surface area is 147 Å². The van der Waals surface area contributed by atoms with Gasteiger partial charge in [-0.1, -0.05) is 25.6 Å². The van der Waals surface area contributed by atoms with Crippen molar-refractivity contribution in [2.24, 2.45) is 0 Å². The fraction of sp³-hybridized carbons (Fsp3) is 0.588. The highest BCUT2D eigenvalue weighted by molar-refractivity contribution is 8.00. The molecular formula is C17H26N4O2S. The number of furan rings is 1. The number of nitrogens with one attached hydrogen (secondary N) is 1. The fourth-order valence-electron chi connectivity index (χ4n) is 2.20. The van der Waals surface area contributed by atoms with E-state index < -0.39 is 0 Å². The molecule has 6 nitrogen and oxygen atoms in total. The molecule has 2 aromatic rings. The highest BCUT2D eigenvalue weighted by Gasteiger charge is 2.24. The molecule has 0 aromatic carbocycles. The number of hydrogen-bond donors (Lipinski definition) is 1. The maximum atomic E-state index is 12.3. The second-order valence-corrected chi connectivity index (χ2v) is 8.47. The molecule has 2 heterocycles. The van der Waals surface area contributed by atoms with Gasteiger partial charge in [0.25, 0.3) is 0 Å². The molecule has 0 aliphatic carbocycles. The minimum atomic E-state index is -0.260. The summed E-state index contributed by atoms with van der Waals surface area (Å²) in [5, 5.41) is 12.1. The summed E-state index contributed by atoms with van der Waals surface area (Å²) in [6, 6.07) is 3.79. The molecule has 0 saturated heterocycles. The van der Waals surface area contributed by atoms with Gasteiger partial charge in [0, 0.05) is 11.5 Å². The van der Waals surface area contributed by atoms with Gasteiger partial charge in [0.05, 0.1) is 18.1 Å². The summed E-state index contributed by atoms with van der Waals surface area (Å²) in [5.41, 5.74) is -0.253. The Morgan fingerprint density at radius 2 is 2.04 bits per heavy atom. The van der Waals surface area contributed by atoms with Crippen molar-refractivity contribution < 1.29 is 9.21 Å². The summed E-state index contributed by atoms with van der Waals surface area (Å²) in [4.78, 5) is 12.3. The van der Waals surface area contributed by atoms with Crippen LogP contribution in [-0.2, 0) is 11.3 Å². The van der Waals surface area contributed by atoms with Gasteiger partial charge in [-0.05, 0) is 39.8 Å². The molecule has 1 unspecified atom stereocenters. The molecule has 1 N–H and O–H groups in total. The van der Waals surface area contributed by atoms with Crippen LogP contribution in [0.5, 0.6) is 0 Å². The van der Waals surface area contributed by atoms with Gasteiger partial charge in [0.15, 0.2) is 5.16 Å². The Morgan fingerprint density at radius 3 is 2.58 bits per heavy atom. The van der Waals surface area contributed by atoms with Gasteiger partial charge in [0.2, 0.25) is 5.91 Å². The third-order valence-corrected chi connectivity index (χ3v) is 4.39. The number of nitrogens with zero attached hydrogens (tertiary/aromatic N) is 3. The Kier molecular flexibility index (Phi) is 5.74. The first-order valence-corrected chi connectivity index (χ1v) is 8.99. The summed E-state index contributed by atoms with van der Waals surface area (Å²) >= 11 is 1.41. The number of hydrogen-bond acceptors (Lipinski definition) is 5. The average Bonchev–Trinajstić information content (AvgIpc) is 3.08. The van der Waals surface area contributed by atoms with E-state index in [1.807, 2.05) is 44.4 Å². The molecule has 7 heteroatoms. The van der Waals surface area contributed by atoms with Crippen molar-refractivity contribution in [3.05, 3.63) is 30.0 Å². The molecule has 1 atom stereocenters. The monoisotopic (exact) mass is 350 g/mol. The second kappa shape index (κ2) is 7.42. The number of carbonyl (C=O) groups is 1. The van der Waals surface area contributed by atoms with Gasteiger partial charge in [-0.15, -0.1) is 10.2 Å². The van der Waals surface area contributed by atoms with Gasteiger partial charge >= 0.3 is 0 Å². The molecule has 132 valence electrons. The van der Waals surface area contributed by atoms with Crippen molar-refractivity contribution in [3.63, 3.8) is 0 Å². The van der Waals surface area contributed by atoms with E-state index in [-0.39, 0.29) is 22.6 Å². The van der Waals surface area contributed by atoms with Crippen LogP contribution < -0.4 is 5.32 Å². The summed E-state index contributed by atoms with van der Waals surface area (Å²) in [6.07, 6.45) is 1.65. The van der Waals surface area contributed by atoms with Crippen LogP contribution in [0.15, 0.2) is 28.0 Å². The number of rotatable bonds is 6. The van der Waals surface area contributed by atoms with E-state index >= 15 is 0 Å². The Balaban J connectivity index is 2.19. The highest BCUT2D eigenvalue weighted by Crippen LogP contribution is 2.26. The highest BCUT2D eigenvalue weighted by atomic mass is 32.2. The zero-order chi connectivity index (χ0) is 17.9. The lowest BCUT2D eigenvalue weighted by Crippen LogP contribution is -2.44. The third-order valence-electron chi connectivity index (χ3n) is 3.31. The SMILES string of the molecule is CC(Sc1nnc(C(C)C)n1Cc1ccco1)C(=O)NC(C)(C)C. The maximum absolute atomic E-state index is 12.3. The van der Waals surface area contributed by atoms with Crippen molar-refractivity contribution in [2.75, 3.05) is 0 Å². The topological polar surface area (TPSA) is 73.0 Å². The lowest BCUT2D eigenvalue weighted by molar-refractivity contribution is -0.121. The van der Waals surface area contributed by atoms with Gasteiger partial charge in [-0.2, -0.15) is 0 Å². The van der Waals surface area contributed by atoms with Crippen LogP contribution in [0.25, 0.3) is 0 Å². The smallest absolute Gasteiger partial charge is 0.233 e. The standard InChI is InChI=1S/C17H26N4O2S/c1-11(2)14-19-20-16(21(14)10-13-8-7-9-23-13)24-12(3)15(22)18-17(4,5)6/h7-9,11-12H,10H2,1-6H3,(H,18,22). The second-order valence-electron chi connectivity index (χ2n) is 7.16. The largest absolute Gasteiger partial charge is 0.467 e. The molecular weight excluding hydrogens is 324 g/mol. The number of aromatic nitrogens is 3. The summed E-state index contributed by atoms with van der Waals surface area (Å²) in [7, 11) is 0. The van der Waals surface area contributed by atoms with Crippen LogP contribution in [0.4, 0.5) is 0 Å². The van der Waals surface area contributed by atoms with E-state index in [9.17, 15) is 4.79 Å². The average molecular weight is 350 g/mol. The lowest BCUT2D eigenvalue weighted by atomic mass is 10.1. The minimum absolute atomic E-state index is 0.00820. The van der Waals surface area contributed by atoms with Crippen LogP contribution in [0.2, 0.25) is 0 Å². The molecule has 0 bridgehead atoms. The quantitative estimate of drug-likeness (QED) is 0.808. The molecule has 0 saturated carbocycles. The van der Waals surface area contributed by atoms with E-state index in [0.717, 1.165) is 16.7 Å². The number of carbonyl (C=O) groups excluding carboxylic acids is 1. The predicted octanol–water partition coefficient (Wildman–Crippen LogP) is 3.44. The lowest BCUT2D eigenvalue weighted by Gasteiger charge is -2.23. The summed E-state index contributed by atoms with van der Waals surface area (Å²) < 4.78 is 7.47. The fourth-order valence-corrected chi connectivity index (χ4v) is 3.06. The zero-order valence-corrected chi connectivity index (χ0v) is 16.0. The van der Waals surface area contributed by atoms with Crippen LogP contribution in [0.1, 0.15) is 59.0 Å². The molecule has 0 aliphatic heterocycles. The first-order chi connectivity index (χ1) is 11.2. The molecule has 1 amide bonds. The first kappa shape index (κ1) is 18.6. The van der Waals surface area contributed by atoms with Gasteiger partial charge in [-0.3, -0.25) is 9.36 Å². The van der Waals surface area contributed by atoms with Crippen molar-refractivity contribution in [3.8, 4) is 0 Å². The van der Waals surface area contributed by atoms with Gasteiger partial charge < -0.3 is 9.73 Å². The van der Waals surface area contributed by atoms with Crippen LogP contribution in [0, 0.1) is 0 Å². The molecule has 0 spiro atoms. The van der Waals surface area contributed by atoms with E-state index in [1.54, 1.807) is 6.26 Å². The summed E-state index contributed by atoms with van der Waals surface area (Å²) in [6.45, 7) is 12.5. The van der Waals surface area contributed by atoms with E-state index in [1.165, 1.54) is 11.8 Å². The Bertz CT molecular complexity index is 671. The minimum Gasteiger partial charge on any atom is -0.467 e. The molecule has 24 heavy (non-hydrogen) atoms. The Morgan fingerprint density at radius 1 is 1.33 bits per heavy atom. The number of amides is 1. The van der Waals surface area contributed by atoms with Crippen molar-refractivity contribution in [1.29, 1.82) is 0 Å². The molecule has 2 aromatic heterocycles. The van der Waals surface area contributed by atoms with Gasteiger partial charge in [0.1, 0.15) is 11.6 Å². The van der Waals surface area contributed by atoms with E-state index in [0.29, 0.717) is 6.54 Å². The molecule has 0 fully saturated rings. The van der Waals surface area contributed by atoms with Crippen molar-refractivity contribution in [2.45, 2.75) is 70.0 Å². The normalized spacial score (nSPS) is 13.3. The van der Waals surface area contributed by atoms with Crippen molar-refractivity contribution >= 4 is 17.7 Å². The zero-order valence-electron chi connectivity index (χ0n) is 15.2. The first-order valence-electron chi connectivity index (χ1n) is 8.11. The van der Waals surface area contributed by atoms with E-state index in [4.69, 9.17) is 4.42 Å². The maximum Gasteiger partial charge on any atom is 0.233 e. The molecule has 2 rings (SSSR count). The number of thioether (sulfide) groups is 1. The third kappa shape index (κ3) is 4.87. The van der Waals surface area contributed by atoms with Gasteiger partial charge in [-0.25, -0.2) is 0 Å². The Hall–Kier alpha value is -1.76. The summed E-state index contributed by atoms with van der Waals surface area (Å²) in [5.74, 6) is 1.95. The van der Waals surface area contributed by atoms with Crippen LogP contribution in [-0.4, -0.2) is 31.5 Å². The van der Waals surface area contributed by atoms with E-state index in [2.05, 4.69) is 29.4 Å². The van der Waals surface area contributed by atoms with Crippen molar-refractivity contribution in [1.82, 2.24) is 20.1 Å². The molecule has 0 radical (unpaired) electrons.